The van der Waals surface area contributed by atoms with Crippen LogP contribution in [0.2, 0.25) is 5.15 Å². The topological polar surface area (TPSA) is 42.0 Å². The molecular formula is C14H11Br2ClN2O. The number of nitrogens with zero attached hydrogens (tertiary/aromatic N) is 1. The number of rotatable bonds is 2. The summed E-state index contributed by atoms with van der Waals surface area (Å²) in [5.41, 5.74) is 2.95. The molecule has 20 heavy (non-hydrogen) atoms. The molecule has 1 heterocycles. The molecule has 0 bridgehead atoms. The van der Waals surface area contributed by atoms with Gasteiger partial charge in [0, 0.05) is 20.2 Å². The largest absolute Gasteiger partial charge is 0.320 e. The first-order chi connectivity index (χ1) is 9.36. The van der Waals surface area contributed by atoms with Crippen LogP contribution in [0.1, 0.15) is 21.6 Å². The number of anilines is 1. The highest BCUT2D eigenvalue weighted by Crippen LogP contribution is 2.32. The number of hydrogen-bond donors (Lipinski definition) is 1. The molecule has 104 valence electrons. The molecule has 1 aromatic heterocycles. The Bertz CT molecular complexity index is 646. The van der Waals surface area contributed by atoms with Crippen LogP contribution in [0.25, 0.3) is 0 Å². The number of nitrogens with one attached hydrogen (secondary N) is 1. The van der Waals surface area contributed by atoms with Gasteiger partial charge in [-0.2, -0.15) is 0 Å². The van der Waals surface area contributed by atoms with E-state index in [2.05, 4.69) is 42.2 Å². The molecule has 0 aliphatic heterocycles. The average molecular weight is 419 g/mol. The lowest BCUT2D eigenvalue weighted by Crippen LogP contribution is -2.13. The molecule has 1 amide bonds. The Labute approximate surface area is 139 Å². The van der Waals surface area contributed by atoms with E-state index in [1.165, 1.54) is 0 Å². The van der Waals surface area contributed by atoms with Gasteiger partial charge in [-0.1, -0.05) is 11.6 Å². The standard InChI is InChI=1S/C14H11Br2ClN2O/c1-7-3-10(15)13(11(16)4-7)19-14(20)9-5-8(2)18-12(17)6-9/h3-6H,1-2H3,(H,19,20). The van der Waals surface area contributed by atoms with Crippen LogP contribution in [0.4, 0.5) is 5.69 Å². The Hall–Kier alpha value is -0.910. The van der Waals surface area contributed by atoms with E-state index in [1.54, 1.807) is 19.1 Å². The minimum Gasteiger partial charge on any atom is -0.320 e. The Balaban J connectivity index is 2.32. The van der Waals surface area contributed by atoms with E-state index in [0.717, 1.165) is 14.5 Å². The summed E-state index contributed by atoms with van der Waals surface area (Å²) in [6, 6.07) is 7.10. The smallest absolute Gasteiger partial charge is 0.255 e. The van der Waals surface area contributed by atoms with Crippen molar-refractivity contribution in [3.05, 3.63) is 55.2 Å². The van der Waals surface area contributed by atoms with Crippen molar-refractivity contribution in [1.82, 2.24) is 4.98 Å². The second-order valence-corrected chi connectivity index (χ2v) is 6.47. The molecule has 1 aromatic carbocycles. The van der Waals surface area contributed by atoms with Gasteiger partial charge in [0.25, 0.3) is 5.91 Å². The Morgan fingerprint density at radius 2 is 1.75 bits per heavy atom. The van der Waals surface area contributed by atoms with Crippen molar-refractivity contribution in [1.29, 1.82) is 0 Å². The van der Waals surface area contributed by atoms with E-state index in [0.29, 0.717) is 22.1 Å². The molecule has 2 aromatic rings. The third-order valence-corrected chi connectivity index (χ3v) is 4.05. The van der Waals surface area contributed by atoms with Gasteiger partial charge in [0.2, 0.25) is 0 Å². The zero-order valence-corrected chi connectivity index (χ0v) is 14.7. The molecule has 0 fully saturated rings. The fourth-order valence-electron chi connectivity index (χ4n) is 1.76. The van der Waals surface area contributed by atoms with E-state index < -0.39 is 0 Å². The maximum absolute atomic E-state index is 12.3. The molecule has 0 aliphatic rings. The molecule has 0 atom stereocenters. The second-order valence-electron chi connectivity index (χ2n) is 4.38. The lowest BCUT2D eigenvalue weighted by Gasteiger charge is -2.11. The van der Waals surface area contributed by atoms with E-state index >= 15 is 0 Å². The van der Waals surface area contributed by atoms with Crippen LogP contribution in [-0.4, -0.2) is 10.9 Å². The van der Waals surface area contributed by atoms with Crippen LogP contribution in [0, 0.1) is 13.8 Å². The number of pyridine rings is 1. The van der Waals surface area contributed by atoms with Crippen molar-refractivity contribution in [2.45, 2.75) is 13.8 Å². The fourth-order valence-corrected chi connectivity index (χ4v) is 3.63. The molecule has 0 saturated carbocycles. The number of benzene rings is 1. The molecule has 0 radical (unpaired) electrons. The zero-order chi connectivity index (χ0) is 14.9. The molecular weight excluding hydrogens is 407 g/mol. The molecule has 2 rings (SSSR count). The van der Waals surface area contributed by atoms with E-state index in [-0.39, 0.29) is 5.91 Å². The van der Waals surface area contributed by atoms with Crippen LogP contribution in [-0.2, 0) is 0 Å². The molecule has 0 spiro atoms. The summed E-state index contributed by atoms with van der Waals surface area (Å²) >= 11 is 12.8. The van der Waals surface area contributed by atoms with Gasteiger partial charge < -0.3 is 5.32 Å². The monoisotopic (exact) mass is 416 g/mol. The normalized spacial score (nSPS) is 10.4. The van der Waals surface area contributed by atoms with Gasteiger partial charge in [-0.3, -0.25) is 4.79 Å². The molecule has 1 N–H and O–H groups in total. The van der Waals surface area contributed by atoms with Gasteiger partial charge in [0.1, 0.15) is 5.15 Å². The summed E-state index contributed by atoms with van der Waals surface area (Å²) in [6.45, 7) is 3.77. The average Bonchev–Trinajstić information content (AvgIpc) is 2.32. The molecule has 6 heteroatoms. The number of halogens is 3. The predicted molar refractivity (Wildman–Crippen MR) is 88.5 cm³/mol. The maximum atomic E-state index is 12.3. The summed E-state index contributed by atoms with van der Waals surface area (Å²) < 4.78 is 1.63. The van der Waals surface area contributed by atoms with E-state index in [4.69, 9.17) is 11.6 Å². The SMILES string of the molecule is Cc1cc(Br)c(NC(=O)c2cc(C)nc(Cl)c2)c(Br)c1. The molecule has 0 aliphatic carbocycles. The second kappa shape index (κ2) is 6.24. The molecule has 0 saturated heterocycles. The first-order valence-electron chi connectivity index (χ1n) is 5.78. The van der Waals surface area contributed by atoms with Crippen molar-refractivity contribution < 1.29 is 4.79 Å². The van der Waals surface area contributed by atoms with Crippen molar-refractivity contribution in [3.63, 3.8) is 0 Å². The molecule has 3 nitrogen and oxygen atoms in total. The lowest BCUT2D eigenvalue weighted by molar-refractivity contribution is 0.102. The quantitative estimate of drug-likeness (QED) is 0.687. The highest BCUT2D eigenvalue weighted by Gasteiger charge is 2.13. The van der Waals surface area contributed by atoms with Gasteiger partial charge in [-0.05, 0) is 75.5 Å². The number of aryl methyl sites for hydroxylation is 2. The Morgan fingerprint density at radius 3 is 2.30 bits per heavy atom. The van der Waals surface area contributed by atoms with Crippen LogP contribution < -0.4 is 5.32 Å². The predicted octanol–water partition coefficient (Wildman–Crippen LogP) is 5.13. The summed E-state index contributed by atoms with van der Waals surface area (Å²) in [5, 5.41) is 3.16. The van der Waals surface area contributed by atoms with Gasteiger partial charge in [-0.15, -0.1) is 0 Å². The summed E-state index contributed by atoms with van der Waals surface area (Å²) in [6.07, 6.45) is 0. The zero-order valence-electron chi connectivity index (χ0n) is 10.8. The number of carbonyl (C=O) groups excluding carboxylic acids is 1. The third-order valence-electron chi connectivity index (χ3n) is 2.61. The van der Waals surface area contributed by atoms with Gasteiger partial charge in [0.15, 0.2) is 0 Å². The Morgan fingerprint density at radius 1 is 1.15 bits per heavy atom. The molecule has 0 unspecified atom stereocenters. The lowest BCUT2D eigenvalue weighted by atomic mass is 10.2. The number of aromatic nitrogens is 1. The highest BCUT2D eigenvalue weighted by atomic mass is 79.9. The van der Waals surface area contributed by atoms with Gasteiger partial charge >= 0.3 is 0 Å². The van der Waals surface area contributed by atoms with Crippen LogP contribution >= 0.6 is 43.5 Å². The number of carbonyl (C=O) groups is 1. The summed E-state index contributed by atoms with van der Waals surface area (Å²) in [7, 11) is 0. The van der Waals surface area contributed by atoms with Crippen molar-refractivity contribution in [3.8, 4) is 0 Å². The number of amides is 1. The van der Waals surface area contributed by atoms with Gasteiger partial charge in [0.05, 0.1) is 5.69 Å². The van der Waals surface area contributed by atoms with Crippen LogP contribution in [0.5, 0.6) is 0 Å². The first-order valence-corrected chi connectivity index (χ1v) is 7.74. The summed E-state index contributed by atoms with van der Waals surface area (Å²) in [5.74, 6) is -0.234. The first kappa shape index (κ1) is 15.5. The third kappa shape index (κ3) is 3.59. The maximum Gasteiger partial charge on any atom is 0.255 e. The van der Waals surface area contributed by atoms with E-state index in [1.807, 2.05) is 19.1 Å². The van der Waals surface area contributed by atoms with Crippen LogP contribution in [0.3, 0.4) is 0 Å². The highest BCUT2D eigenvalue weighted by molar-refractivity contribution is 9.11. The van der Waals surface area contributed by atoms with Crippen LogP contribution in [0.15, 0.2) is 33.2 Å². The minimum atomic E-state index is -0.234. The van der Waals surface area contributed by atoms with Crippen molar-refractivity contribution >= 4 is 55.1 Å². The summed E-state index contributed by atoms with van der Waals surface area (Å²) in [4.78, 5) is 16.3. The van der Waals surface area contributed by atoms with Crippen molar-refractivity contribution in [2.24, 2.45) is 0 Å². The van der Waals surface area contributed by atoms with Crippen molar-refractivity contribution in [2.75, 3.05) is 5.32 Å². The fraction of sp³-hybridized carbons (Fsp3) is 0.143. The van der Waals surface area contributed by atoms with Gasteiger partial charge in [-0.25, -0.2) is 4.98 Å². The Kier molecular flexibility index (Phi) is 4.83. The minimum absolute atomic E-state index is 0.234. The number of hydrogen-bond acceptors (Lipinski definition) is 2. The van der Waals surface area contributed by atoms with E-state index in [9.17, 15) is 4.79 Å².